The molecule has 25 heavy (non-hydrogen) atoms. The van der Waals surface area contributed by atoms with Crippen LogP contribution in [0.5, 0.6) is 0 Å². The molecule has 2 saturated heterocycles. The Kier molecular flexibility index (Phi) is 7.93. The van der Waals surface area contributed by atoms with Crippen molar-refractivity contribution in [2.75, 3.05) is 24.5 Å². The number of rotatable bonds is 5. The highest BCUT2D eigenvalue weighted by atomic mass is 35.5. The summed E-state index contributed by atoms with van der Waals surface area (Å²) < 4.78 is 5.64. The molecule has 0 saturated carbocycles. The van der Waals surface area contributed by atoms with Crippen molar-refractivity contribution in [2.24, 2.45) is 5.73 Å². The van der Waals surface area contributed by atoms with Crippen molar-refractivity contribution in [1.29, 1.82) is 0 Å². The molecule has 1 aromatic heterocycles. The highest BCUT2D eigenvalue weighted by molar-refractivity contribution is 5.85. The Morgan fingerprint density at radius 3 is 2.72 bits per heavy atom. The van der Waals surface area contributed by atoms with Crippen LogP contribution in [-0.4, -0.2) is 42.7 Å². The number of hydrogen-bond acceptors (Lipinski definition) is 5. The first kappa shape index (κ1) is 19.9. The summed E-state index contributed by atoms with van der Waals surface area (Å²) in [6.45, 7) is 3.13. The van der Waals surface area contributed by atoms with Crippen LogP contribution in [0.2, 0.25) is 0 Å². The molecule has 7 heteroatoms. The highest BCUT2D eigenvalue weighted by Crippen LogP contribution is 2.20. The van der Waals surface area contributed by atoms with Crippen LogP contribution in [0.1, 0.15) is 44.1 Å². The Bertz CT molecular complexity index is 550. The molecular weight excluding hydrogens is 340 g/mol. The fraction of sp³-hybridized carbons (Fsp3) is 0.667. The summed E-state index contributed by atoms with van der Waals surface area (Å²) in [6, 6.07) is 4.05. The Morgan fingerprint density at radius 2 is 2.04 bits per heavy atom. The second-order valence-corrected chi connectivity index (χ2v) is 6.70. The Morgan fingerprint density at radius 1 is 1.28 bits per heavy atom. The van der Waals surface area contributed by atoms with E-state index in [1.54, 1.807) is 0 Å². The topological polar surface area (TPSA) is 80.5 Å². The second kappa shape index (κ2) is 9.94. The maximum atomic E-state index is 12.2. The van der Waals surface area contributed by atoms with Crippen molar-refractivity contribution in [3.63, 3.8) is 0 Å². The predicted octanol–water partition coefficient (Wildman–Crippen LogP) is 2.01. The summed E-state index contributed by atoms with van der Waals surface area (Å²) in [6.07, 6.45) is 8.18. The van der Waals surface area contributed by atoms with Crippen molar-refractivity contribution < 1.29 is 9.53 Å². The SMILES string of the molecule is Cl.NC[C@H]1CC[C@@H](C(=O)NCc2ccnc(N3CCCCCC3)c2)O1. The summed E-state index contributed by atoms with van der Waals surface area (Å²) in [5.41, 5.74) is 6.67. The van der Waals surface area contributed by atoms with Gasteiger partial charge in [-0.25, -0.2) is 4.98 Å². The predicted molar refractivity (Wildman–Crippen MR) is 101 cm³/mol. The van der Waals surface area contributed by atoms with Crippen LogP contribution >= 0.6 is 12.4 Å². The molecule has 0 radical (unpaired) electrons. The van der Waals surface area contributed by atoms with Gasteiger partial charge in [-0.15, -0.1) is 12.4 Å². The smallest absolute Gasteiger partial charge is 0.249 e. The van der Waals surface area contributed by atoms with E-state index >= 15 is 0 Å². The number of carbonyl (C=O) groups is 1. The van der Waals surface area contributed by atoms with Gasteiger partial charge in [-0.1, -0.05) is 12.8 Å². The molecule has 0 bridgehead atoms. The van der Waals surface area contributed by atoms with Crippen LogP contribution < -0.4 is 16.0 Å². The third kappa shape index (κ3) is 5.56. The number of anilines is 1. The standard InChI is InChI=1S/C18H28N4O2.ClH/c19-12-15-5-6-16(24-15)18(23)21-13-14-7-8-20-17(11-14)22-9-3-1-2-4-10-22;/h7-8,11,15-16H,1-6,9-10,12-13,19H2,(H,21,23);1H/t15-,16+;/m1./s1. The molecule has 2 aliphatic rings. The van der Waals surface area contributed by atoms with Crippen LogP contribution in [0, 0.1) is 0 Å². The number of aromatic nitrogens is 1. The van der Waals surface area contributed by atoms with E-state index in [2.05, 4.69) is 21.3 Å². The average Bonchev–Trinajstić information content (AvgIpc) is 2.94. The maximum absolute atomic E-state index is 12.2. The number of halogens is 1. The lowest BCUT2D eigenvalue weighted by Gasteiger charge is -2.22. The molecule has 2 aliphatic heterocycles. The normalized spacial score (nSPS) is 23.6. The van der Waals surface area contributed by atoms with E-state index in [0.29, 0.717) is 13.1 Å². The van der Waals surface area contributed by atoms with Gasteiger partial charge in [0.15, 0.2) is 0 Å². The molecule has 2 atom stereocenters. The van der Waals surface area contributed by atoms with Gasteiger partial charge in [0.05, 0.1) is 6.10 Å². The molecule has 1 aromatic rings. The van der Waals surface area contributed by atoms with E-state index in [-0.39, 0.29) is 30.5 Å². The van der Waals surface area contributed by atoms with Crippen molar-refractivity contribution in [3.8, 4) is 0 Å². The third-order valence-electron chi connectivity index (χ3n) is 4.87. The first-order valence-corrected chi connectivity index (χ1v) is 9.09. The van der Waals surface area contributed by atoms with Crippen LogP contribution in [0.15, 0.2) is 18.3 Å². The number of hydrogen-bond donors (Lipinski definition) is 2. The number of carbonyl (C=O) groups excluding carboxylic acids is 1. The number of nitrogens with one attached hydrogen (secondary N) is 1. The summed E-state index contributed by atoms with van der Waals surface area (Å²) in [5, 5.41) is 2.98. The minimum atomic E-state index is -0.356. The van der Waals surface area contributed by atoms with Crippen molar-refractivity contribution in [1.82, 2.24) is 10.3 Å². The van der Waals surface area contributed by atoms with Crippen molar-refractivity contribution in [2.45, 2.75) is 57.3 Å². The molecule has 0 spiro atoms. The Labute approximate surface area is 155 Å². The van der Waals surface area contributed by atoms with Crippen molar-refractivity contribution in [3.05, 3.63) is 23.9 Å². The summed E-state index contributed by atoms with van der Waals surface area (Å²) in [7, 11) is 0. The minimum Gasteiger partial charge on any atom is -0.364 e. The zero-order chi connectivity index (χ0) is 16.8. The van der Waals surface area contributed by atoms with E-state index in [4.69, 9.17) is 10.5 Å². The third-order valence-corrected chi connectivity index (χ3v) is 4.87. The lowest BCUT2D eigenvalue weighted by atomic mass is 10.2. The van der Waals surface area contributed by atoms with E-state index in [9.17, 15) is 4.79 Å². The number of pyridine rings is 1. The lowest BCUT2D eigenvalue weighted by Crippen LogP contribution is -2.35. The van der Waals surface area contributed by atoms with Gasteiger partial charge in [0.25, 0.3) is 0 Å². The molecule has 0 unspecified atom stereocenters. The first-order chi connectivity index (χ1) is 11.8. The number of amides is 1. The largest absolute Gasteiger partial charge is 0.364 e. The molecule has 3 N–H and O–H groups in total. The number of ether oxygens (including phenoxy) is 1. The fourth-order valence-electron chi connectivity index (χ4n) is 3.42. The monoisotopic (exact) mass is 368 g/mol. The molecule has 2 fully saturated rings. The molecule has 0 aliphatic carbocycles. The van der Waals surface area contributed by atoms with Gasteiger partial charge in [0, 0.05) is 32.4 Å². The van der Waals surface area contributed by atoms with Crippen LogP contribution in [0.4, 0.5) is 5.82 Å². The molecule has 3 rings (SSSR count). The van der Waals surface area contributed by atoms with E-state index in [0.717, 1.165) is 37.3 Å². The van der Waals surface area contributed by atoms with Crippen LogP contribution in [0.3, 0.4) is 0 Å². The van der Waals surface area contributed by atoms with Crippen LogP contribution in [-0.2, 0) is 16.1 Å². The van der Waals surface area contributed by atoms with Gasteiger partial charge < -0.3 is 20.7 Å². The highest BCUT2D eigenvalue weighted by Gasteiger charge is 2.29. The van der Waals surface area contributed by atoms with E-state index < -0.39 is 0 Å². The van der Waals surface area contributed by atoms with E-state index in [1.807, 2.05) is 12.3 Å². The lowest BCUT2D eigenvalue weighted by molar-refractivity contribution is -0.132. The van der Waals surface area contributed by atoms with Gasteiger partial charge in [0.2, 0.25) is 5.91 Å². The molecule has 6 nitrogen and oxygen atoms in total. The van der Waals surface area contributed by atoms with Gasteiger partial charge in [-0.3, -0.25) is 4.79 Å². The molecule has 140 valence electrons. The first-order valence-electron chi connectivity index (χ1n) is 9.09. The van der Waals surface area contributed by atoms with E-state index in [1.165, 1.54) is 25.7 Å². The second-order valence-electron chi connectivity index (χ2n) is 6.70. The fourth-order valence-corrected chi connectivity index (χ4v) is 3.42. The van der Waals surface area contributed by atoms with Gasteiger partial charge in [0.1, 0.15) is 11.9 Å². The average molecular weight is 369 g/mol. The molecular formula is C18H29ClN4O2. The molecule has 3 heterocycles. The Balaban J connectivity index is 0.00000225. The number of nitrogens with two attached hydrogens (primary N) is 1. The quantitative estimate of drug-likeness (QED) is 0.830. The summed E-state index contributed by atoms with van der Waals surface area (Å²) in [4.78, 5) is 19.1. The van der Waals surface area contributed by atoms with Gasteiger partial charge in [-0.05, 0) is 43.4 Å². The van der Waals surface area contributed by atoms with Crippen LogP contribution in [0.25, 0.3) is 0 Å². The molecule has 0 aromatic carbocycles. The zero-order valence-electron chi connectivity index (χ0n) is 14.7. The minimum absolute atomic E-state index is 0. The maximum Gasteiger partial charge on any atom is 0.249 e. The molecule has 1 amide bonds. The van der Waals surface area contributed by atoms with Crippen molar-refractivity contribution >= 4 is 24.1 Å². The summed E-state index contributed by atoms with van der Waals surface area (Å²) >= 11 is 0. The zero-order valence-corrected chi connectivity index (χ0v) is 15.5. The van der Waals surface area contributed by atoms with Gasteiger partial charge in [-0.2, -0.15) is 0 Å². The number of nitrogens with zero attached hydrogens (tertiary/aromatic N) is 2. The summed E-state index contributed by atoms with van der Waals surface area (Å²) in [5.74, 6) is 0.975. The van der Waals surface area contributed by atoms with Gasteiger partial charge >= 0.3 is 0 Å². The Hall–Kier alpha value is -1.37.